The van der Waals surface area contributed by atoms with Crippen molar-refractivity contribution >= 4 is 17.5 Å². The molecule has 0 aliphatic heterocycles. The maximum absolute atomic E-state index is 13.7. The summed E-state index contributed by atoms with van der Waals surface area (Å²) < 4.78 is 0. The van der Waals surface area contributed by atoms with Crippen molar-refractivity contribution in [1.82, 2.24) is 10.2 Å². The SMILES string of the molecule is CN(C)C1C(O)=C(C(N)=O)C(=O)C2(O)C(O)=C3C(=O)c4c(ccc(CNCC(C)(C)C)c4O)CC3CC12. The van der Waals surface area contributed by atoms with Crippen LogP contribution in [0.5, 0.6) is 5.75 Å². The molecule has 0 heterocycles. The summed E-state index contributed by atoms with van der Waals surface area (Å²) in [4.78, 5) is 40.6. The van der Waals surface area contributed by atoms with Crippen molar-refractivity contribution in [3.8, 4) is 5.75 Å². The van der Waals surface area contributed by atoms with E-state index in [2.05, 4.69) is 26.1 Å². The molecule has 37 heavy (non-hydrogen) atoms. The molecule has 0 aromatic heterocycles. The number of rotatable bonds is 5. The fourth-order valence-electron chi connectivity index (χ4n) is 5.98. The fourth-order valence-corrected chi connectivity index (χ4v) is 5.98. The minimum absolute atomic E-state index is 0.0150. The molecule has 1 amide bonds. The van der Waals surface area contributed by atoms with Gasteiger partial charge in [-0.2, -0.15) is 0 Å². The van der Waals surface area contributed by atoms with Crippen LogP contribution in [0.2, 0.25) is 0 Å². The molecule has 10 nitrogen and oxygen atoms in total. The molecule has 4 rings (SSSR count). The van der Waals surface area contributed by atoms with Crippen LogP contribution in [-0.2, 0) is 22.6 Å². The highest BCUT2D eigenvalue weighted by Gasteiger charge is 2.63. The summed E-state index contributed by atoms with van der Waals surface area (Å²) in [6, 6.07) is 2.52. The lowest BCUT2D eigenvalue weighted by Crippen LogP contribution is -2.63. The number of fused-ring (bicyclic) bond motifs is 3. The number of phenols is 1. The second-order valence-electron chi connectivity index (χ2n) is 11.7. The molecule has 0 bridgehead atoms. The van der Waals surface area contributed by atoms with Gasteiger partial charge in [-0.15, -0.1) is 0 Å². The molecule has 1 aromatic carbocycles. The van der Waals surface area contributed by atoms with Gasteiger partial charge in [-0.3, -0.25) is 19.3 Å². The van der Waals surface area contributed by atoms with Crippen LogP contribution < -0.4 is 11.1 Å². The molecule has 0 radical (unpaired) electrons. The Hall–Kier alpha value is -3.21. The number of carbonyl (C=O) groups is 3. The number of nitrogens with two attached hydrogens (primary N) is 1. The van der Waals surface area contributed by atoms with E-state index in [1.165, 1.54) is 4.90 Å². The van der Waals surface area contributed by atoms with Crippen molar-refractivity contribution in [3.05, 3.63) is 51.5 Å². The summed E-state index contributed by atoms with van der Waals surface area (Å²) in [6.45, 7) is 7.20. The first kappa shape index (κ1) is 26.8. The lowest BCUT2D eigenvalue weighted by Gasteiger charge is -2.50. The van der Waals surface area contributed by atoms with E-state index in [-0.39, 0.29) is 35.1 Å². The minimum Gasteiger partial charge on any atom is -0.510 e. The third kappa shape index (κ3) is 4.13. The number of aliphatic hydroxyl groups is 3. The number of likely N-dealkylation sites (N-methyl/N-ethyl adjacent to an activating group) is 1. The van der Waals surface area contributed by atoms with Crippen LogP contribution in [0.1, 0.15) is 48.7 Å². The highest BCUT2D eigenvalue weighted by Crippen LogP contribution is 2.52. The van der Waals surface area contributed by atoms with Gasteiger partial charge in [0, 0.05) is 30.1 Å². The van der Waals surface area contributed by atoms with E-state index < -0.39 is 58.0 Å². The lowest BCUT2D eigenvalue weighted by molar-refractivity contribution is -0.148. The molecule has 0 fully saturated rings. The number of phenolic OH excluding ortho intramolecular Hbond substituents is 1. The number of amides is 1. The third-order valence-electron chi connectivity index (χ3n) is 7.65. The van der Waals surface area contributed by atoms with Crippen LogP contribution in [0, 0.1) is 17.3 Å². The fraction of sp³-hybridized carbons (Fsp3) is 0.519. The second kappa shape index (κ2) is 8.97. The summed E-state index contributed by atoms with van der Waals surface area (Å²) in [5.74, 6) is -6.43. The number of hydrogen-bond acceptors (Lipinski definition) is 9. The van der Waals surface area contributed by atoms with Gasteiger partial charge < -0.3 is 31.5 Å². The normalized spacial score (nSPS) is 27.8. The van der Waals surface area contributed by atoms with E-state index in [4.69, 9.17) is 5.73 Å². The molecule has 3 aliphatic rings. The molecule has 3 aliphatic carbocycles. The number of ketones is 2. The number of nitrogens with zero attached hydrogens (tertiary/aromatic N) is 1. The molecule has 200 valence electrons. The first-order valence-corrected chi connectivity index (χ1v) is 12.3. The van der Waals surface area contributed by atoms with Crippen LogP contribution in [0.4, 0.5) is 0 Å². The summed E-state index contributed by atoms with van der Waals surface area (Å²) in [5, 5.41) is 48.0. The van der Waals surface area contributed by atoms with Gasteiger partial charge in [-0.25, -0.2) is 0 Å². The Morgan fingerprint density at radius 3 is 2.41 bits per heavy atom. The zero-order valence-electron chi connectivity index (χ0n) is 21.8. The van der Waals surface area contributed by atoms with Crippen molar-refractivity contribution in [2.45, 2.75) is 51.8 Å². The Kier molecular flexibility index (Phi) is 6.51. The second-order valence-corrected chi connectivity index (χ2v) is 11.7. The lowest BCUT2D eigenvalue weighted by atomic mass is 9.58. The first-order chi connectivity index (χ1) is 17.1. The number of nitrogens with one attached hydrogen (secondary N) is 1. The molecule has 0 saturated carbocycles. The Balaban J connectivity index is 1.81. The maximum atomic E-state index is 13.7. The van der Waals surface area contributed by atoms with E-state index >= 15 is 0 Å². The Morgan fingerprint density at radius 2 is 1.84 bits per heavy atom. The molecular formula is C27H35N3O7. The maximum Gasteiger partial charge on any atom is 0.255 e. The van der Waals surface area contributed by atoms with Crippen LogP contribution in [0.15, 0.2) is 34.8 Å². The summed E-state index contributed by atoms with van der Waals surface area (Å²) in [6.07, 6.45) is 0.346. The molecular weight excluding hydrogens is 478 g/mol. The van der Waals surface area contributed by atoms with Crippen LogP contribution in [0.25, 0.3) is 0 Å². The molecule has 7 N–H and O–H groups in total. The van der Waals surface area contributed by atoms with Gasteiger partial charge in [-0.05, 0) is 43.8 Å². The van der Waals surface area contributed by atoms with Crippen molar-refractivity contribution in [2.75, 3.05) is 20.6 Å². The van der Waals surface area contributed by atoms with Crippen molar-refractivity contribution in [2.24, 2.45) is 23.0 Å². The number of carbonyl (C=O) groups excluding carboxylic acids is 3. The number of aliphatic hydroxyl groups excluding tert-OH is 2. The highest BCUT2D eigenvalue weighted by molar-refractivity contribution is 6.24. The van der Waals surface area contributed by atoms with Gasteiger partial charge in [0.15, 0.2) is 11.4 Å². The monoisotopic (exact) mass is 513 g/mol. The van der Waals surface area contributed by atoms with E-state index in [9.17, 15) is 34.8 Å². The van der Waals surface area contributed by atoms with E-state index in [0.29, 0.717) is 24.2 Å². The standard InChI is InChI=1S/C27H35N3O7/c1-26(2,3)11-29-10-13-7-6-12-8-14-9-15-19(30(4)5)22(33)18(25(28)36)24(35)27(15,37)23(34)17(14)21(32)16(12)20(13)31/h6-7,14-15,19,29,31,33-34,37H,8-11H2,1-5H3,(H2,28,36). The zero-order valence-corrected chi connectivity index (χ0v) is 21.8. The molecule has 1 aromatic rings. The minimum atomic E-state index is -2.63. The number of aromatic hydroxyl groups is 1. The number of primary amides is 1. The average Bonchev–Trinajstić information content (AvgIpc) is 2.76. The Labute approximate surface area is 215 Å². The molecule has 0 saturated heterocycles. The highest BCUT2D eigenvalue weighted by atomic mass is 16.3. The summed E-state index contributed by atoms with van der Waals surface area (Å²) in [5.41, 5.74) is 2.88. The topological polar surface area (TPSA) is 173 Å². The summed E-state index contributed by atoms with van der Waals surface area (Å²) >= 11 is 0. The largest absolute Gasteiger partial charge is 0.510 e. The van der Waals surface area contributed by atoms with E-state index in [1.807, 2.05) is 0 Å². The number of allylic oxidation sites excluding steroid dienone is 1. The average molecular weight is 514 g/mol. The van der Waals surface area contributed by atoms with Crippen LogP contribution in [0.3, 0.4) is 0 Å². The van der Waals surface area contributed by atoms with Crippen molar-refractivity contribution in [1.29, 1.82) is 0 Å². The molecule has 10 heteroatoms. The molecule has 0 spiro atoms. The van der Waals surface area contributed by atoms with Crippen molar-refractivity contribution in [3.63, 3.8) is 0 Å². The predicted octanol–water partition coefficient (Wildman–Crippen LogP) is 1.26. The van der Waals surface area contributed by atoms with E-state index in [0.717, 1.165) is 0 Å². The number of Topliss-reactive ketones (excluding diaryl/α,β-unsaturated/α-hetero) is 2. The number of benzene rings is 1. The number of hydrogen-bond donors (Lipinski definition) is 6. The third-order valence-corrected chi connectivity index (χ3v) is 7.65. The smallest absolute Gasteiger partial charge is 0.255 e. The van der Waals surface area contributed by atoms with Crippen LogP contribution in [-0.4, -0.2) is 75.1 Å². The van der Waals surface area contributed by atoms with Crippen molar-refractivity contribution < 1.29 is 34.8 Å². The quantitative estimate of drug-likeness (QED) is 0.317. The van der Waals surface area contributed by atoms with Gasteiger partial charge in [-0.1, -0.05) is 32.9 Å². The van der Waals surface area contributed by atoms with Gasteiger partial charge in [0.25, 0.3) is 5.91 Å². The summed E-state index contributed by atoms with van der Waals surface area (Å²) in [7, 11) is 3.20. The van der Waals surface area contributed by atoms with Gasteiger partial charge >= 0.3 is 0 Å². The Bertz CT molecular complexity index is 1260. The van der Waals surface area contributed by atoms with Gasteiger partial charge in [0.2, 0.25) is 5.78 Å². The van der Waals surface area contributed by atoms with Gasteiger partial charge in [0.1, 0.15) is 22.8 Å². The van der Waals surface area contributed by atoms with E-state index in [1.54, 1.807) is 26.2 Å². The van der Waals surface area contributed by atoms with Gasteiger partial charge in [0.05, 0.1) is 11.6 Å². The molecule has 4 unspecified atom stereocenters. The van der Waals surface area contributed by atoms with Crippen LogP contribution >= 0.6 is 0 Å². The Morgan fingerprint density at radius 1 is 1.19 bits per heavy atom. The molecule has 4 atom stereocenters. The zero-order chi connectivity index (χ0) is 27.6. The first-order valence-electron chi connectivity index (χ1n) is 12.3. The predicted molar refractivity (Wildman–Crippen MR) is 135 cm³/mol.